The van der Waals surface area contributed by atoms with Crippen molar-refractivity contribution in [2.24, 2.45) is 7.05 Å². The zero-order valence-corrected chi connectivity index (χ0v) is 13.0. The second-order valence-corrected chi connectivity index (χ2v) is 5.63. The number of hydrogen-bond donors (Lipinski definition) is 2. The summed E-state index contributed by atoms with van der Waals surface area (Å²) >= 11 is 0. The highest BCUT2D eigenvalue weighted by atomic mass is 16.3. The van der Waals surface area contributed by atoms with Crippen LogP contribution in [0.1, 0.15) is 31.0 Å². The molecule has 0 aliphatic heterocycles. The maximum atomic E-state index is 11.9. The third-order valence-corrected chi connectivity index (χ3v) is 3.52. The molecule has 2 aromatic rings. The van der Waals surface area contributed by atoms with Crippen molar-refractivity contribution in [2.75, 3.05) is 6.54 Å². The fraction of sp³-hybridized carbons (Fsp3) is 0.438. The number of carbonyl (C=O) groups excluding carboxylic acids is 1. The Morgan fingerprint density at radius 3 is 2.91 bits per heavy atom. The van der Waals surface area contributed by atoms with E-state index in [1.54, 1.807) is 37.2 Å². The van der Waals surface area contributed by atoms with Crippen LogP contribution in [-0.2, 0) is 23.9 Å². The number of rotatable bonds is 7. The van der Waals surface area contributed by atoms with Gasteiger partial charge in [0.05, 0.1) is 12.7 Å². The highest BCUT2D eigenvalue weighted by Crippen LogP contribution is 2.18. The Balaban J connectivity index is 1.73. The molecule has 2 N–H and O–H groups in total. The van der Waals surface area contributed by atoms with Crippen molar-refractivity contribution < 1.29 is 9.90 Å². The fourth-order valence-corrected chi connectivity index (χ4v) is 2.14. The molecule has 0 radical (unpaired) electrons. The highest BCUT2D eigenvalue weighted by Gasteiger charge is 2.25. The normalized spacial score (nSPS) is 13.6. The van der Waals surface area contributed by atoms with Crippen LogP contribution in [0, 0.1) is 0 Å². The molecular weight excluding hydrogens is 280 g/mol. The van der Waals surface area contributed by atoms with Crippen LogP contribution in [0.2, 0.25) is 0 Å². The Morgan fingerprint density at radius 1 is 1.45 bits per heavy atom. The van der Waals surface area contributed by atoms with Gasteiger partial charge in [0.1, 0.15) is 5.60 Å². The van der Waals surface area contributed by atoms with Gasteiger partial charge in [0.25, 0.3) is 0 Å². The van der Waals surface area contributed by atoms with Crippen molar-refractivity contribution in [3.8, 4) is 0 Å². The Morgan fingerprint density at radius 2 is 2.27 bits per heavy atom. The number of nitrogens with zero attached hydrogens (tertiary/aromatic N) is 3. The summed E-state index contributed by atoms with van der Waals surface area (Å²) in [5.41, 5.74) is 0.548. The van der Waals surface area contributed by atoms with Crippen molar-refractivity contribution in [3.63, 3.8) is 0 Å². The zero-order chi connectivity index (χ0) is 16.0. The number of hydrogen-bond acceptors (Lipinski definition) is 4. The van der Waals surface area contributed by atoms with Gasteiger partial charge in [-0.25, -0.2) is 0 Å². The van der Waals surface area contributed by atoms with Crippen LogP contribution in [0.5, 0.6) is 0 Å². The standard InChI is InChI=1S/C16H22N4O2/c1-16(22,13-10-19-20(2)11-13)12-18-15(21)8-5-7-14-6-3-4-9-17-14/h3-4,6,9-11,22H,5,7-8,12H2,1-2H3,(H,18,21). The summed E-state index contributed by atoms with van der Waals surface area (Å²) in [7, 11) is 1.79. The number of aliphatic hydroxyl groups is 1. The number of carbonyl (C=O) groups is 1. The van der Waals surface area contributed by atoms with E-state index in [-0.39, 0.29) is 12.5 Å². The summed E-state index contributed by atoms with van der Waals surface area (Å²) in [5.74, 6) is -0.0694. The average molecular weight is 302 g/mol. The monoisotopic (exact) mass is 302 g/mol. The predicted octanol–water partition coefficient (Wildman–Crippen LogP) is 1.16. The van der Waals surface area contributed by atoms with Crippen LogP contribution in [0.25, 0.3) is 0 Å². The van der Waals surface area contributed by atoms with Gasteiger partial charge in [-0.3, -0.25) is 14.5 Å². The van der Waals surface area contributed by atoms with Gasteiger partial charge in [-0.1, -0.05) is 6.07 Å². The molecule has 0 bridgehead atoms. The predicted molar refractivity (Wildman–Crippen MR) is 83.0 cm³/mol. The minimum absolute atomic E-state index is 0.0694. The second kappa shape index (κ2) is 7.17. The molecule has 2 rings (SSSR count). The van der Waals surface area contributed by atoms with Crippen molar-refractivity contribution in [1.29, 1.82) is 0 Å². The third-order valence-electron chi connectivity index (χ3n) is 3.52. The molecule has 0 aromatic carbocycles. The van der Waals surface area contributed by atoms with Gasteiger partial charge in [-0.2, -0.15) is 5.10 Å². The first-order chi connectivity index (χ1) is 10.5. The summed E-state index contributed by atoms with van der Waals surface area (Å²) in [6.07, 6.45) is 7.02. The Kier molecular flexibility index (Phi) is 5.27. The van der Waals surface area contributed by atoms with Gasteiger partial charge < -0.3 is 10.4 Å². The van der Waals surface area contributed by atoms with E-state index in [1.165, 1.54) is 0 Å². The Labute approximate surface area is 130 Å². The first kappa shape index (κ1) is 16.2. The molecule has 2 heterocycles. The Bertz CT molecular complexity index is 608. The maximum Gasteiger partial charge on any atom is 0.220 e. The lowest BCUT2D eigenvalue weighted by Crippen LogP contribution is -2.38. The number of amides is 1. The van der Waals surface area contributed by atoms with Crippen LogP contribution in [0.15, 0.2) is 36.8 Å². The minimum Gasteiger partial charge on any atom is -0.383 e. The van der Waals surface area contributed by atoms with Crippen LogP contribution < -0.4 is 5.32 Å². The molecule has 0 aliphatic rings. The lowest BCUT2D eigenvalue weighted by Gasteiger charge is -2.22. The second-order valence-electron chi connectivity index (χ2n) is 5.63. The number of aryl methyl sites for hydroxylation is 2. The summed E-state index contributed by atoms with van der Waals surface area (Å²) in [6, 6.07) is 5.76. The van der Waals surface area contributed by atoms with Gasteiger partial charge in [0.2, 0.25) is 5.91 Å². The van der Waals surface area contributed by atoms with Crippen molar-refractivity contribution in [1.82, 2.24) is 20.1 Å². The van der Waals surface area contributed by atoms with Crippen molar-refractivity contribution in [2.45, 2.75) is 31.8 Å². The van der Waals surface area contributed by atoms with E-state index in [9.17, 15) is 9.90 Å². The average Bonchev–Trinajstić information content (AvgIpc) is 2.94. The molecule has 1 unspecified atom stereocenters. The molecule has 6 heteroatoms. The molecular formula is C16H22N4O2. The van der Waals surface area contributed by atoms with E-state index in [0.29, 0.717) is 12.0 Å². The highest BCUT2D eigenvalue weighted by molar-refractivity contribution is 5.75. The van der Waals surface area contributed by atoms with Crippen molar-refractivity contribution >= 4 is 5.91 Å². The van der Waals surface area contributed by atoms with Gasteiger partial charge in [-0.15, -0.1) is 0 Å². The molecule has 118 valence electrons. The van der Waals surface area contributed by atoms with Crippen LogP contribution in [0.3, 0.4) is 0 Å². The molecule has 0 spiro atoms. The van der Waals surface area contributed by atoms with Gasteiger partial charge in [-0.05, 0) is 31.9 Å². The molecule has 6 nitrogen and oxygen atoms in total. The van der Waals surface area contributed by atoms with Gasteiger partial charge in [0, 0.05) is 37.1 Å². The van der Waals surface area contributed by atoms with E-state index in [0.717, 1.165) is 18.5 Å². The number of pyridine rings is 1. The van der Waals surface area contributed by atoms with E-state index < -0.39 is 5.60 Å². The molecule has 22 heavy (non-hydrogen) atoms. The molecule has 1 amide bonds. The molecule has 0 aliphatic carbocycles. The lowest BCUT2D eigenvalue weighted by molar-refractivity contribution is -0.122. The molecule has 1 atom stereocenters. The zero-order valence-electron chi connectivity index (χ0n) is 13.0. The van der Waals surface area contributed by atoms with E-state index in [2.05, 4.69) is 15.4 Å². The first-order valence-corrected chi connectivity index (χ1v) is 7.35. The molecule has 0 fully saturated rings. The van der Waals surface area contributed by atoms with E-state index in [1.807, 2.05) is 18.2 Å². The summed E-state index contributed by atoms with van der Waals surface area (Å²) in [5, 5.41) is 17.2. The summed E-state index contributed by atoms with van der Waals surface area (Å²) in [6.45, 7) is 1.83. The number of nitrogens with one attached hydrogen (secondary N) is 1. The van der Waals surface area contributed by atoms with Gasteiger partial charge in [0.15, 0.2) is 0 Å². The molecule has 0 saturated carbocycles. The quantitative estimate of drug-likeness (QED) is 0.804. The molecule has 0 saturated heterocycles. The Hall–Kier alpha value is -2.21. The number of aromatic nitrogens is 3. The minimum atomic E-state index is -1.12. The first-order valence-electron chi connectivity index (χ1n) is 7.35. The van der Waals surface area contributed by atoms with E-state index in [4.69, 9.17) is 0 Å². The third kappa shape index (κ3) is 4.66. The largest absolute Gasteiger partial charge is 0.383 e. The maximum absolute atomic E-state index is 11.9. The van der Waals surface area contributed by atoms with Crippen LogP contribution in [-0.4, -0.2) is 32.3 Å². The smallest absolute Gasteiger partial charge is 0.220 e. The van der Waals surface area contributed by atoms with Crippen molar-refractivity contribution in [3.05, 3.63) is 48.0 Å². The van der Waals surface area contributed by atoms with E-state index >= 15 is 0 Å². The lowest BCUT2D eigenvalue weighted by atomic mass is 9.99. The molecule has 2 aromatic heterocycles. The van der Waals surface area contributed by atoms with Gasteiger partial charge >= 0.3 is 0 Å². The fourth-order valence-electron chi connectivity index (χ4n) is 2.14. The van der Waals surface area contributed by atoms with Crippen LogP contribution >= 0.6 is 0 Å². The SMILES string of the molecule is Cn1cc(C(C)(O)CNC(=O)CCCc2ccccn2)cn1. The summed E-state index contributed by atoms with van der Waals surface area (Å²) < 4.78 is 1.62. The summed E-state index contributed by atoms with van der Waals surface area (Å²) in [4.78, 5) is 16.1. The topological polar surface area (TPSA) is 80.0 Å². The van der Waals surface area contributed by atoms with Crippen LogP contribution in [0.4, 0.5) is 0 Å².